The first-order valence-electron chi connectivity index (χ1n) is 3.91. The van der Waals surface area contributed by atoms with Crippen molar-refractivity contribution >= 4 is 9.90 Å². The van der Waals surface area contributed by atoms with E-state index in [1.54, 1.807) is 0 Å². The van der Waals surface area contributed by atoms with E-state index in [1.807, 2.05) is 0 Å². The summed E-state index contributed by atoms with van der Waals surface area (Å²) >= 11 is 0. The highest BCUT2D eigenvalue weighted by atomic mass is 31.0. The van der Waals surface area contributed by atoms with Crippen LogP contribution in [-0.4, -0.2) is 0 Å². The van der Waals surface area contributed by atoms with E-state index in [9.17, 15) is 0 Å². The van der Waals surface area contributed by atoms with Crippen molar-refractivity contribution in [2.24, 2.45) is 0 Å². The van der Waals surface area contributed by atoms with Crippen LogP contribution >= 0.6 is 9.90 Å². The quantitative estimate of drug-likeness (QED) is 0.414. The van der Waals surface area contributed by atoms with Gasteiger partial charge in [-0.3, -0.25) is 0 Å². The van der Waals surface area contributed by atoms with Crippen LogP contribution in [0.2, 0.25) is 0 Å². The van der Waals surface area contributed by atoms with Gasteiger partial charge in [0.2, 0.25) is 0 Å². The van der Waals surface area contributed by atoms with Crippen molar-refractivity contribution in [1.82, 2.24) is 0 Å². The van der Waals surface area contributed by atoms with Crippen molar-refractivity contribution in [3.05, 3.63) is 0 Å². The highest BCUT2D eigenvalue weighted by molar-refractivity contribution is 6.92. The fraction of sp³-hybridized carbons (Fsp3) is 1.00. The molecule has 0 aromatic heterocycles. The molecule has 9 heavy (non-hydrogen) atoms. The lowest BCUT2D eigenvalue weighted by atomic mass is 10.1. The van der Waals surface area contributed by atoms with Crippen LogP contribution in [0.4, 0.5) is 0 Å². The molecule has 0 aliphatic carbocycles. The minimum Gasteiger partial charge on any atom is -0.153 e. The third-order valence-electron chi connectivity index (χ3n) is 1.46. The van der Waals surface area contributed by atoms with Crippen molar-refractivity contribution in [2.75, 3.05) is 0 Å². The summed E-state index contributed by atoms with van der Waals surface area (Å²) in [7, 11) is 0. The molecule has 0 rings (SSSR count). The normalized spacial score (nSPS) is 8.67. The van der Waals surface area contributed by atoms with Crippen LogP contribution in [-0.2, 0) is 0 Å². The van der Waals surface area contributed by atoms with Crippen molar-refractivity contribution in [3.8, 4) is 0 Å². The Bertz CT molecular complexity index is 29.5. The molecule has 0 heterocycles. The summed E-state index contributed by atoms with van der Waals surface area (Å²) in [6, 6.07) is 0. The van der Waals surface area contributed by atoms with E-state index in [2.05, 4.69) is 13.8 Å². The van der Waals surface area contributed by atoms with Crippen molar-refractivity contribution < 1.29 is 0 Å². The summed E-state index contributed by atoms with van der Waals surface area (Å²) < 4.78 is 0. The first kappa shape index (κ1) is 12.1. The smallest absolute Gasteiger partial charge is 0.0533 e. The summed E-state index contributed by atoms with van der Waals surface area (Å²) in [4.78, 5) is 0. The monoisotopic (exact) mass is 148 g/mol. The van der Waals surface area contributed by atoms with Crippen LogP contribution in [0.5, 0.6) is 0 Å². The minimum absolute atomic E-state index is 0. The predicted molar refractivity (Wildman–Crippen MR) is 50.2 cm³/mol. The molecule has 0 nitrogen and oxygen atoms in total. The molecule has 0 aliphatic rings. The van der Waals surface area contributed by atoms with Gasteiger partial charge < -0.3 is 0 Å². The zero-order chi connectivity index (χ0) is 6.24. The highest BCUT2D eigenvalue weighted by Crippen LogP contribution is 2.03. The van der Waals surface area contributed by atoms with Crippen LogP contribution in [0.3, 0.4) is 0 Å². The fourth-order valence-corrected chi connectivity index (χ4v) is 0.854. The molecule has 0 amide bonds. The first-order valence-corrected chi connectivity index (χ1v) is 3.91. The fourth-order valence-electron chi connectivity index (χ4n) is 0.854. The van der Waals surface area contributed by atoms with Gasteiger partial charge in [-0.05, 0) is 0 Å². The molecule has 1 unspecified atom stereocenters. The molecule has 0 spiro atoms. The van der Waals surface area contributed by atoms with E-state index in [4.69, 9.17) is 0 Å². The standard InChI is InChI=1S/C8H18.H3P/c1-3-5-7-8-6-4-2;/h3-8H2,1-2H3;1H3. The van der Waals surface area contributed by atoms with Gasteiger partial charge in [0.15, 0.2) is 0 Å². The Labute approximate surface area is 63.0 Å². The summed E-state index contributed by atoms with van der Waals surface area (Å²) in [6.45, 7) is 4.51. The van der Waals surface area contributed by atoms with Gasteiger partial charge in [0.25, 0.3) is 0 Å². The van der Waals surface area contributed by atoms with E-state index in [0.29, 0.717) is 0 Å². The van der Waals surface area contributed by atoms with E-state index in [1.165, 1.54) is 38.5 Å². The molecular weight excluding hydrogens is 127 g/mol. The SMILES string of the molecule is CCCCCCCC.P. The number of hydrogen-bond acceptors (Lipinski definition) is 0. The number of unbranched alkanes of at least 4 members (excludes halogenated alkanes) is 5. The molecular formula is C8H21P. The Kier molecular flexibility index (Phi) is 15.2. The number of rotatable bonds is 5. The molecule has 0 fully saturated rings. The summed E-state index contributed by atoms with van der Waals surface area (Å²) in [5.41, 5.74) is 0. The maximum atomic E-state index is 2.26. The third-order valence-corrected chi connectivity index (χ3v) is 1.46. The van der Waals surface area contributed by atoms with Crippen LogP contribution in [0.15, 0.2) is 0 Å². The molecule has 0 radical (unpaired) electrons. The molecule has 0 saturated carbocycles. The van der Waals surface area contributed by atoms with Gasteiger partial charge in [0.05, 0.1) is 0 Å². The molecule has 58 valence electrons. The second-order valence-corrected chi connectivity index (χ2v) is 2.41. The van der Waals surface area contributed by atoms with Gasteiger partial charge >= 0.3 is 0 Å². The Balaban J connectivity index is 0. The third kappa shape index (κ3) is 11.8. The van der Waals surface area contributed by atoms with E-state index < -0.39 is 0 Å². The Morgan fingerprint density at radius 2 is 1.00 bits per heavy atom. The van der Waals surface area contributed by atoms with Crippen LogP contribution < -0.4 is 0 Å². The highest BCUT2D eigenvalue weighted by Gasteiger charge is 1.83. The van der Waals surface area contributed by atoms with E-state index in [0.717, 1.165) is 0 Å². The lowest BCUT2D eigenvalue weighted by Crippen LogP contribution is -1.73. The average molecular weight is 148 g/mol. The molecule has 0 aliphatic heterocycles. The first-order chi connectivity index (χ1) is 3.91. The van der Waals surface area contributed by atoms with Gasteiger partial charge in [-0.25, -0.2) is 0 Å². The second kappa shape index (κ2) is 11.3. The maximum absolute atomic E-state index is 2.26. The van der Waals surface area contributed by atoms with Gasteiger partial charge in [0, 0.05) is 0 Å². The van der Waals surface area contributed by atoms with Gasteiger partial charge in [-0.1, -0.05) is 52.4 Å². The minimum atomic E-state index is 0. The Morgan fingerprint density at radius 1 is 0.667 bits per heavy atom. The predicted octanol–water partition coefficient (Wildman–Crippen LogP) is 3.42. The maximum Gasteiger partial charge on any atom is -0.0533 e. The van der Waals surface area contributed by atoms with Crippen LogP contribution in [0, 0.1) is 0 Å². The second-order valence-electron chi connectivity index (χ2n) is 2.41. The summed E-state index contributed by atoms with van der Waals surface area (Å²) in [5.74, 6) is 0. The largest absolute Gasteiger partial charge is 0.153 e. The molecule has 1 atom stereocenters. The summed E-state index contributed by atoms with van der Waals surface area (Å²) in [6.07, 6.45) is 8.49. The lowest BCUT2D eigenvalue weighted by molar-refractivity contribution is 0.624. The Morgan fingerprint density at radius 3 is 1.22 bits per heavy atom. The van der Waals surface area contributed by atoms with Crippen LogP contribution in [0.25, 0.3) is 0 Å². The average Bonchev–Trinajstić information content (AvgIpc) is 1.81. The van der Waals surface area contributed by atoms with E-state index >= 15 is 0 Å². The molecule has 0 bridgehead atoms. The van der Waals surface area contributed by atoms with Crippen molar-refractivity contribution in [3.63, 3.8) is 0 Å². The molecule has 0 saturated heterocycles. The zero-order valence-corrected chi connectivity index (χ0v) is 8.36. The molecule has 0 aromatic rings. The lowest BCUT2D eigenvalue weighted by Gasteiger charge is -1.93. The zero-order valence-electron chi connectivity index (χ0n) is 6.95. The van der Waals surface area contributed by atoms with E-state index in [-0.39, 0.29) is 9.90 Å². The van der Waals surface area contributed by atoms with Crippen molar-refractivity contribution in [1.29, 1.82) is 0 Å². The number of hydrogen-bond donors (Lipinski definition) is 0. The molecule has 1 heteroatoms. The van der Waals surface area contributed by atoms with Gasteiger partial charge in [0.1, 0.15) is 0 Å². The Hall–Kier alpha value is 0.430. The van der Waals surface area contributed by atoms with Gasteiger partial charge in [-0.15, -0.1) is 0 Å². The van der Waals surface area contributed by atoms with Crippen molar-refractivity contribution in [2.45, 2.75) is 52.4 Å². The molecule has 0 N–H and O–H groups in total. The van der Waals surface area contributed by atoms with Crippen LogP contribution in [0.1, 0.15) is 52.4 Å². The summed E-state index contributed by atoms with van der Waals surface area (Å²) in [5, 5.41) is 0. The molecule has 0 aromatic carbocycles. The topological polar surface area (TPSA) is 0 Å². The van der Waals surface area contributed by atoms with Gasteiger partial charge in [-0.2, -0.15) is 9.90 Å².